The van der Waals surface area contributed by atoms with Gasteiger partial charge in [-0.3, -0.25) is 4.79 Å². The van der Waals surface area contributed by atoms with E-state index >= 15 is 0 Å². The van der Waals surface area contributed by atoms with E-state index in [1.54, 1.807) is 24.3 Å². The van der Waals surface area contributed by atoms with Crippen LogP contribution >= 0.6 is 11.6 Å². The molecule has 1 heterocycles. The number of carbonyl (C=O) groups excluding carboxylic acids is 1. The lowest BCUT2D eigenvalue weighted by molar-refractivity contribution is 0.112. The van der Waals surface area contributed by atoms with Gasteiger partial charge in [-0.1, -0.05) is 17.7 Å². The van der Waals surface area contributed by atoms with Crippen LogP contribution in [0.15, 0.2) is 36.4 Å². The second-order valence-electron chi connectivity index (χ2n) is 4.08. The zero-order chi connectivity index (χ0) is 13.4. The molecule has 0 aliphatic heterocycles. The Labute approximate surface area is 113 Å². The molecule has 5 heteroatoms. The third kappa shape index (κ3) is 2.00. The molecule has 19 heavy (non-hydrogen) atoms. The number of aromatic nitrogens is 2. The molecule has 1 N–H and O–H groups in total. The van der Waals surface area contributed by atoms with Gasteiger partial charge in [-0.05, 0) is 30.3 Å². The van der Waals surface area contributed by atoms with Gasteiger partial charge >= 0.3 is 0 Å². The Morgan fingerprint density at radius 1 is 1.26 bits per heavy atom. The molecule has 0 saturated carbocycles. The van der Waals surface area contributed by atoms with Gasteiger partial charge in [0, 0.05) is 5.56 Å². The van der Waals surface area contributed by atoms with Crippen molar-refractivity contribution < 1.29 is 9.18 Å². The first kappa shape index (κ1) is 11.9. The van der Waals surface area contributed by atoms with Crippen molar-refractivity contribution in [3.05, 3.63) is 52.8 Å². The quantitative estimate of drug-likeness (QED) is 0.722. The summed E-state index contributed by atoms with van der Waals surface area (Å²) in [6.45, 7) is 0. The highest BCUT2D eigenvalue weighted by atomic mass is 35.5. The molecule has 0 spiro atoms. The molecular weight excluding hydrogens is 267 g/mol. The standard InChI is InChI=1S/C14H8ClFN2O/c15-9-2-1-3-10(16)13(9)14-17-11-5-4-8(7-19)6-12(11)18-14/h1-7H,(H,17,18). The molecule has 0 bridgehead atoms. The topological polar surface area (TPSA) is 45.8 Å². The van der Waals surface area contributed by atoms with Crippen LogP contribution in [0.5, 0.6) is 0 Å². The van der Waals surface area contributed by atoms with Crippen molar-refractivity contribution in [1.29, 1.82) is 0 Å². The molecule has 94 valence electrons. The molecule has 2 aromatic carbocycles. The minimum atomic E-state index is -0.442. The molecule has 0 fully saturated rings. The van der Waals surface area contributed by atoms with Crippen molar-refractivity contribution in [2.24, 2.45) is 0 Å². The lowest BCUT2D eigenvalue weighted by Crippen LogP contribution is -1.87. The molecular formula is C14H8ClFN2O. The molecule has 3 nitrogen and oxygen atoms in total. The highest BCUT2D eigenvalue weighted by Gasteiger charge is 2.13. The van der Waals surface area contributed by atoms with Crippen LogP contribution in [0, 0.1) is 5.82 Å². The average Bonchev–Trinajstić information content (AvgIpc) is 2.80. The first-order valence-electron chi connectivity index (χ1n) is 5.58. The maximum absolute atomic E-state index is 13.8. The van der Waals surface area contributed by atoms with Crippen LogP contribution in [0.2, 0.25) is 5.02 Å². The predicted molar refractivity (Wildman–Crippen MR) is 71.9 cm³/mol. The molecule has 0 amide bonds. The zero-order valence-corrected chi connectivity index (χ0v) is 10.4. The van der Waals surface area contributed by atoms with Gasteiger partial charge in [0.05, 0.1) is 21.6 Å². The number of hydrogen-bond donors (Lipinski definition) is 1. The Morgan fingerprint density at radius 3 is 2.84 bits per heavy atom. The first-order chi connectivity index (χ1) is 9.19. The Kier molecular flexibility index (Phi) is 2.80. The highest BCUT2D eigenvalue weighted by Crippen LogP contribution is 2.29. The third-order valence-electron chi connectivity index (χ3n) is 2.84. The van der Waals surface area contributed by atoms with Crippen LogP contribution in [0.4, 0.5) is 4.39 Å². The van der Waals surface area contributed by atoms with E-state index in [4.69, 9.17) is 11.6 Å². The van der Waals surface area contributed by atoms with Crippen LogP contribution in [0.3, 0.4) is 0 Å². The van der Waals surface area contributed by atoms with Crippen LogP contribution in [-0.4, -0.2) is 16.3 Å². The van der Waals surface area contributed by atoms with Crippen molar-refractivity contribution in [1.82, 2.24) is 9.97 Å². The summed E-state index contributed by atoms with van der Waals surface area (Å²) < 4.78 is 13.8. The lowest BCUT2D eigenvalue weighted by Gasteiger charge is -2.01. The number of aromatic amines is 1. The number of benzene rings is 2. The van der Waals surface area contributed by atoms with Crippen molar-refractivity contribution in [2.75, 3.05) is 0 Å². The van der Waals surface area contributed by atoms with Crippen LogP contribution in [-0.2, 0) is 0 Å². The van der Waals surface area contributed by atoms with E-state index in [0.717, 1.165) is 6.29 Å². The van der Waals surface area contributed by atoms with Crippen molar-refractivity contribution in [3.63, 3.8) is 0 Å². The molecule has 0 unspecified atom stereocenters. The van der Waals surface area contributed by atoms with E-state index in [2.05, 4.69) is 9.97 Å². The number of carbonyl (C=O) groups is 1. The number of fused-ring (bicyclic) bond motifs is 1. The van der Waals surface area contributed by atoms with Gasteiger partial charge in [-0.15, -0.1) is 0 Å². The van der Waals surface area contributed by atoms with Gasteiger partial charge in [0.15, 0.2) is 0 Å². The van der Waals surface area contributed by atoms with Crippen LogP contribution in [0.1, 0.15) is 10.4 Å². The molecule has 0 aliphatic rings. The maximum atomic E-state index is 13.8. The normalized spacial score (nSPS) is 10.8. The number of nitrogens with zero attached hydrogens (tertiary/aromatic N) is 1. The van der Waals surface area contributed by atoms with Crippen LogP contribution < -0.4 is 0 Å². The van der Waals surface area contributed by atoms with Crippen molar-refractivity contribution >= 4 is 28.9 Å². The third-order valence-corrected chi connectivity index (χ3v) is 3.16. The predicted octanol–water partition coefficient (Wildman–Crippen LogP) is 3.83. The molecule has 0 aliphatic carbocycles. The SMILES string of the molecule is O=Cc1ccc2nc(-c3c(F)cccc3Cl)[nH]c2c1. The summed E-state index contributed by atoms with van der Waals surface area (Å²) in [5.74, 6) is -0.0942. The Hall–Kier alpha value is -2.20. The van der Waals surface area contributed by atoms with Gasteiger partial charge < -0.3 is 4.98 Å². The molecule has 0 radical (unpaired) electrons. The number of rotatable bonds is 2. The fourth-order valence-corrected chi connectivity index (χ4v) is 2.20. The second kappa shape index (κ2) is 4.48. The van der Waals surface area contributed by atoms with Crippen molar-refractivity contribution in [3.8, 4) is 11.4 Å². The summed E-state index contributed by atoms with van der Waals surface area (Å²) in [6, 6.07) is 9.48. The fourth-order valence-electron chi connectivity index (χ4n) is 1.94. The Balaban J connectivity index is 2.23. The Bertz CT molecular complexity index is 762. The highest BCUT2D eigenvalue weighted by molar-refractivity contribution is 6.33. The number of H-pyrrole nitrogens is 1. The van der Waals surface area contributed by atoms with Crippen molar-refractivity contribution in [2.45, 2.75) is 0 Å². The van der Waals surface area contributed by atoms with Gasteiger partial charge in [0.25, 0.3) is 0 Å². The second-order valence-corrected chi connectivity index (χ2v) is 4.48. The summed E-state index contributed by atoms with van der Waals surface area (Å²) in [6.07, 6.45) is 0.746. The molecule has 1 aromatic heterocycles. The first-order valence-corrected chi connectivity index (χ1v) is 5.96. The van der Waals surface area contributed by atoms with Gasteiger partial charge in [-0.2, -0.15) is 0 Å². The van der Waals surface area contributed by atoms with E-state index in [9.17, 15) is 9.18 Å². The van der Waals surface area contributed by atoms with Gasteiger partial charge in [0.2, 0.25) is 0 Å². The monoisotopic (exact) mass is 274 g/mol. The molecule has 3 aromatic rings. The maximum Gasteiger partial charge on any atom is 0.150 e. The number of halogens is 2. The zero-order valence-electron chi connectivity index (χ0n) is 9.65. The minimum absolute atomic E-state index is 0.230. The van der Waals surface area contributed by atoms with E-state index in [1.165, 1.54) is 12.1 Å². The molecule has 3 rings (SSSR count). The summed E-state index contributed by atoms with van der Waals surface area (Å²) in [4.78, 5) is 18.0. The smallest absolute Gasteiger partial charge is 0.150 e. The summed E-state index contributed by atoms with van der Waals surface area (Å²) in [5.41, 5.74) is 2.08. The van der Waals surface area contributed by atoms with E-state index in [0.29, 0.717) is 22.4 Å². The number of aldehydes is 1. The van der Waals surface area contributed by atoms with E-state index in [1.807, 2.05) is 0 Å². The lowest BCUT2D eigenvalue weighted by atomic mass is 10.2. The summed E-state index contributed by atoms with van der Waals surface area (Å²) in [5, 5.41) is 0.287. The number of hydrogen-bond acceptors (Lipinski definition) is 2. The summed E-state index contributed by atoms with van der Waals surface area (Å²) in [7, 11) is 0. The number of imidazole rings is 1. The minimum Gasteiger partial charge on any atom is -0.338 e. The summed E-state index contributed by atoms with van der Waals surface area (Å²) >= 11 is 5.99. The molecule has 0 saturated heterocycles. The average molecular weight is 275 g/mol. The van der Waals surface area contributed by atoms with E-state index < -0.39 is 5.82 Å². The Morgan fingerprint density at radius 2 is 2.11 bits per heavy atom. The fraction of sp³-hybridized carbons (Fsp3) is 0. The van der Waals surface area contributed by atoms with Crippen LogP contribution in [0.25, 0.3) is 22.4 Å². The van der Waals surface area contributed by atoms with E-state index in [-0.39, 0.29) is 10.6 Å². The number of nitrogens with one attached hydrogen (secondary N) is 1. The molecule has 0 atom stereocenters. The largest absolute Gasteiger partial charge is 0.338 e. The van der Waals surface area contributed by atoms with Gasteiger partial charge in [0.1, 0.15) is 17.9 Å². The van der Waals surface area contributed by atoms with Gasteiger partial charge in [-0.25, -0.2) is 9.37 Å².